The van der Waals surface area contributed by atoms with Gasteiger partial charge in [-0.1, -0.05) is 44.2 Å². The van der Waals surface area contributed by atoms with E-state index in [-0.39, 0.29) is 0 Å². The molecule has 0 fully saturated rings. The van der Waals surface area contributed by atoms with Crippen LogP contribution in [0.25, 0.3) is 0 Å². The Hall–Kier alpha value is -0.860. The van der Waals surface area contributed by atoms with Gasteiger partial charge in [-0.2, -0.15) is 0 Å². The Bertz CT molecular complexity index is 258. The summed E-state index contributed by atoms with van der Waals surface area (Å²) in [6.45, 7) is 8.37. The standard InChI is InChI=1S/C13H22N2/c1-3-15(10-9-14)11-12(2)13-7-5-4-6-8-13/h4-8,12H,3,9-11,14H2,1-2H3. The van der Waals surface area contributed by atoms with Gasteiger partial charge in [0.15, 0.2) is 0 Å². The molecular formula is C13H22N2. The fourth-order valence-electron chi connectivity index (χ4n) is 1.84. The summed E-state index contributed by atoms with van der Waals surface area (Å²) in [6, 6.07) is 10.7. The molecule has 1 atom stereocenters. The Morgan fingerprint density at radius 2 is 1.93 bits per heavy atom. The molecule has 0 aliphatic rings. The van der Waals surface area contributed by atoms with Crippen LogP contribution in [0.15, 0.2) is 30.3 Å². The molecule has 0 spiro atoms. The highest BCUT2D eigenvalue weighted by Gasteiger charge is 2.09. The Morgan fingerprint density at radius 3 is 2.47 bits per heavy atom. The van der Waals surface area contributed by atoms with E-state index in [9.17, 15) is 0 Å². The second kappa shape index (κ2) is 6.59. The van der Waals surface area contributed by atoms with E-state index in [0.717, 1.165) is 26.2 Å². The molecule has 0 saturated heterocycles. The Morgan fingerprint density at radius 1 is 1.27 bits per heavy atom. The number of hydrogen-bond acceptors (Lipinski definition) is 2. The largest absolute Gasteiger partial charge is 0.329 e. The first-order valence-corrected chi connectivity index (χ1v) is 5.75. The minimum absolute atomic E-state index is 0.581. The number of benzene rings is 1. The Balaban J connectivity index is 2.50. The lowest BCUT2D eigenvalue weighted by atomic mass is 10.0. The van der Waals surface area contributed by atoms with E-state index in [2.05, 4.69) is 49.1 Å². The summed E-state index contributed by atoms with van der Waals surface area (Å²) in [5.41, 5.74) is 6.99. The van der Waals surface area contributed by atoms with Gasteiger partial charge in [0, 0.05) is 19.6 Å². The van der Waals surface area contributed by atoms with Crippen LogP contribution in [0.5, 0.6) is 0 Å². The van der Waals surface area contributed by atoms with E-state index in [0.29, 0.717) is 5.92 Å². The van der Waals surface area contributed by atoms with E-state index in [1.165, 1.54) is 5.56 Å². The molecular weight excluding hydrogens is 184 g/mol. The molecule has 0 bridgehead atoms. The molecule has 0 saturated carbocycles. The molecule has 1 aromatic carbocycles. The number of nitrogens with two attached hydrogens (primary N) is 1. The number of rotatable bonds is 6. The minimum atomic E-state index is 0.581. The average Bonchev–Trinajstić information content (AvgIpc) is 2.29. The quantitative estimate of drug-likeness (QED) is 0.772. The molecule has 1 unspecified atom stereocenters. The molecule has 0 heterocycles. The lowest BCUT2D eigenvalue weighted by Crippen LogP contribution is -2.32. The van der Waals surface area contributed by atoms with Crippen LogP contribution in [0.4, 0.5) is 0 Å². The molecule has 2 heteroatoms. The Labute approximate surface area is 93.1 Å². The van der Waals surface area contributed by atoms with Crippen LogP contribution in [-0.4, -0.2) is 31.1 Å². The zero-order chi connectivity index (χ0) is 11.1. The van der Waals surface area contributed by atoms with Gasteiger partial charge in [-0.05, 0) is 18.0 Å². The van der Waals surface area contributed by atoms with Crippen LogP contribution >= 0.6 is 0 Å². The molecule has 0 aliphatic heterocycles. The second-order valence-corrected chi connectivity index (χ2v) is 3.99. The molecule has 15 heavy (non-hydrogen) atoms. The van der Waals surface area contributed by atoms with Crippen molar-refractivity contribution in [2.75, 3.05) is 26.2 Å². The molecule has 0 aliphatic carbocycles. The normalized spacial score (nSPS) is 13.1. The third-order valence-electron chi connectivity index (χ3n) is 2.79. The summed E-state index contributed by atoms with van der Waals surface area (Å²) < 4.78 is 0. The van der Waals surface area contributed by atoms with Crippen LogP contribution < -0.4 is 5.73 Å². The fraction of sp³-hybridized carbons (Fsp3) is 0.538. The molecule has 84 valence electrons. The van der Waals surface area contributed by atoms with Crippen molar-refractivity contribution in [1.82, 2.24) is 4.90 Å². The highest BCUT2D eigenvalue weighted by Crippen LogP contribution is 2.15. The number of likely N-dealkylation sites (N-methyl/N-ethyl adjacent to an activating group) is 1. The molecule has 0 amide bonds. The third-order valence-corrected chi connectivity index (χ3v) is 2.79. The van der Waals surface area contributed by atoms with Crippen molar-refractivity contribution in [3.8, 4) is 0 Å². The average molecular weight is 206 g/mol. The van der Waals surface area contributed by atoms with Gasteiger partial charge in [0.2, 0.25) is 0 Å². The summed E-state index contributed by atoms with van der Waals surface area (Å²) in [5.74, 6) is 0.581. The zero-order valence-corrected chi connectivity index (χ0v) is 9.82. The molecule has 1 rings (SSSR count). The topological polar surface area (TPSA) is 29.3 Å². The predicted molar refractivity (Wildman–Crippen MR) is 66.0 cm³/mol. The zero-order valence-electron chi connectivity index (χ0n) is 9.82. The van der Waals surface area contributed by atoms with E-state index in [1.807, 2.05) is 0 Å². The first kappa shape index (κ1) is 12.2. The maximum Gasteiger partial charge on any atom is 0.0105 e. The van der Waals surface area contributed by atoms with Crippen molar-refractivity contribution in [3.63, 3.8) is 0 Å². The summed E-state index contributed by atoms with van der Waals surface area (Å²) in [4.78, 5) is 2.40. The van der Waals surface area contributed by atoms with Crippen LogP contribution in [0.2, 0.25) is 0 Å². The van der Waals surface area contributed by atoms with Gasteiger partial charge in [-0.3, -0.25) is 0 Å². The third kappa shape index (κ3) is 4.02. The SMILES string of the molecule is CCN(CCN)CC(C)c1ccccc1. The molecule has 2 N–H and O–H groups in total. The van der Waals surface area contributed by atoms with Crippen LogP contribution in [0.3, 0.4) is 0 Å². The summed E-state index contributed by atoms with van der Waals surface area (Å²) in [5, 5.41) is 0. The highest BCUT2D eigenvalue weighted by atomic mass is 15.1. The number of hydrogen-bond donors (Lipinski definition) is 1. The molecule has 0 radical (unpaired) electrons. The molecule has 2 nitrogen and oxygen atoms in total. The van der Waals surface area contributed by atoms with Gasteiger partial charge in [0.05, 0.1) is 0 Å². The molecule has 1 aromatic rings. The predicted octanol–water partition coefficient (Wildman–Crippen LogP) is 2.07. The lowest BCUT2D eigenvalue weighted by Gasteiger charge is -2.23. The van der Waals surface area contributed by atoms with Crippen molar-refractivity contribution in [1.29, 1.82) is 0 Å². The van der Waals surface area contributed by atoms with E-state index in [4.69, 9.17) is 5.73 Å². The van der Waals surface area contributed by atoms with Gasteiger partial charge >= 0.3 is 0 Å². The summed E-state index contributed by atoms with van der Waals surface area (Å²) in [6.07, 6.45) is 0. The Kier molecular flexibility index (Phi) is 5.37. The van der Waals surface area contributed by atoms with Gasteiger partial charge in [0.1, 0.15) is 0 Å². The lowest BCUT2D eigenvalue weighted by molar-refractivity contribution is 0.281. The number of nitrogens with zero attached hydrogens (tertiary/aromatic N) is 1. The first-order chi connectivity index (χ1) is 7.27. The van der Waals surface area contributed by atoms with E-state index >= 15 is 0 Å². The van der Waals surface area contributed by atoms with E-state index < -0.39 is 0 Å². The van der Waals surface area contributed by atoms with Crippen LogP contribution in [0, 0.1) is 0 Å². The van der Waals surface area contributed by atoms with Crippen LogP contribution in [-0.2, 0) is 0 Å². The minimum Gasteiger partial charge on any atom is -0.329 e. The van der Waals surface area contributed by atoms with Gasteiger partial charge < -0.3 is 10.6 Å². The maximum atomic E-state index is 5.58. The van der Waals surface area contributed by atoms with Crippen molar-refractivity contribution in [3.05, 3.63) is 35.9 Å². The van der Waals surface area contributed by atoms with E-state index in [1.54, 1.807) is 0 Å². The first-order valence-electron chi connectivity index (χ1n) is 5.75. The van der Waals surface area contributed by atoms with Crippen molar-refractivity contribution < 1.29 is 0 Å². The van der Waals surface area contributed by atoms with Crippen molar-refractivity contribution in [2.45, 2.75) is 19.8 Å². The smallest absolute Gasteiger partial charge is 0.0105 e. The highest BCUT2D eigenvalue weighted by molar-refractivity contribution is 5.18. The second-order valence-electron chi connectivity index (χ2n) is 3.99. The summed E-state index contributed by atoms with van der Waals surface area (Å²) in [7, 11) is 0. The summed E-state index contributed by atoms with van der Waals surface area (Å²) >= 11 is 0. The monoisotopic (exact) mass is 206 g/mol. The molecule has 0 aromatic heterocycles. The maximum absolute atomic E-state index is 5.58. The van der Waals surface area contributed by atoms with Crippen LogP contribution in [0.1, 0.15) is 25.3 Å². The van der Waals surface area contributed by atoms with Gasteiger partial charge in [-0.15, -0.1) is 0 Å². The fourth-order valence-corrected chi connectivity index (χ4v) is 1.84. The van der Waals surface area contributed by atoms with Crippen molar-refractivity contribution in [2.24, 2.45) is 5.73 Å². The van der Waals surface area contributed by atoms with Gasteiger partial charge in [0.25, 0.3) is 0 Å². The van der Waals surface area contributed by atoms with Crippen molar-refractivity contribution >= 4 is 0 Å². The van der Waals surface area contributed by atoms with Gasteiger partial charge in [-0.25, -0.2) is 0 Å².